The first-order valence-electron chi connectivity index (χ1n) is 2.39. The predicted molar refractivity (Wildman–Crippen MR) is 34.4 cm³/mol. The number of hydrogen-bond acceptors (Lipinski definition) is 2. The smallest absolute Gasteiger partial charge is 0.273 e. The lowest BCUT2D eigenvalue weighted by Crippen LogP contribution is -2.22. The Balaban J connectivity index is 3.53. The van der Waals surface area contributed by atoms with E-state index < -0.39 is 10.3 Å². The Morgan fingerprint density at radius 1 is 1.67 bits per heavy atom. The average molecular weight is 151 g/mol. The first-order valence-corrected chi connectivity index (χ1v) is 3.83. The van der Waals surface area contributed by atoms with Crippen molar-refractivity contribution >= 4 is 10.3 Å². The Bertz CT molecular complexity index is 182. The van der Waals surface area contributed by atoms with Crippen molar-refractivity contribution < 1.29 is 13.0 Å². The summed E-state index contributed by atoms with van der Waals surface area (Å²) < 4.78 is 29.8. The minimum absolute atomic E-state index is 0.134. The molecule has 0 atom stereocenters. The van der Waals surface area contributed by atoms with Gasteiger partial charge in [-0.3, -0.25) is 4.55 Å². The molecule has 0 aliphatic carbocycles. The van der Waals surface area contributed by atoms with Crippen LogP contribution in [0.25, 0.3) is 0 Å². The van der Waals surface area contributed by atoms with Crippen molar-refractivity contribution in [2.45, 2.75) is 6.92 Å². The van der Waals surface area contributed by atoms with Gasteiger partial charge in [0.05, 0.1) is 0 Å². The lowest BCUT2D eigenvalue weighted by atomic mass is 10.5. The first kappa shape index (κ1) is 8.61. The molecule has 0 rings (SSSR count). The van der Waals surface area contributed by atoms with Crippen LogP contribution in [0.1, 0.15) is 6.92 Å². The standard InChI is InChI=1S/C4H9NO3S/c1-2-3-4-5-9(6,7)8/h2-3,5H,4H2,1H3,(H,6,7,8). The Hall–Kier alpha value is -0.390. The van der Waals surface area contributed by atoms with Crippen molar-refractivity contribution in [2.24, 2.45) is 0 Å². The minimum atomic E-state index is -4.00. The van der Waals surface area contributed by atoms with Gasteiger partial charge in [-0.2, -0.15) is 13.1 Å². The van der Waals surface area contributed by atoms with E-state index in [1.54, 1.807) is 19.1 Å². The second-order valence-electron chi connectivity index (χ2n) is 1.39. The average Bonchev–Trinajstić information content (AvgIpc) is 1.63. The molecule has 0 saturated heterocycles. The zero-order valence-electron chi connectivity index (χ0n) is 5.03. The van der Waals surface area contributed by atoms with Crippen molar-refractivity contribution in [3.05, 3.63) is 12.2 Å². The summed E-state index contributed by atoms with van der Waals surface area (Å²) >= 11 is 0. The van der Waals surface area contributed by atoms with Gasteiger partial charge in [0.1, 0.15) is 0 Å². The van der Waals surface area contributed by atoms with E-state index in [1.807, 2.05) is 4.72 Å². The predicted octanol–water partition coefficient (Wildman–Crippen LogP) is -0.0451. The van der Waals surface area contributed by atoms with Crippen LogP contribution < -0.4 is 4.72 Å². The van der Waals surface area contributed by atoms with Gasteiger partial charge in [0.15, 0.2) is 0 Å². The van der Waals surface area contributed by atoms with Crippen molar-refractivity contribution in [3.63, 3.8) is 0 Å². The third kappa shape index (κ3) is 7.61. The monoisotopic (exact) mass is 151 g/mol. The second-order valence-corrected chi connectivity index (χ2v) is 2.63. The molecule has 2 N–H and O–H groups in total. The fourth-order valence-corrected chi connectivity index (χ4v) is 0.578. The number of hydrogen-bond donors (Lipinski definition) is 2. The highest BCUT2D eigenvalue weighted by atomic mass is 32.2. The molecule has 0 heterocycles. The van der Waals surface area contributed by atoms with E-state index in [0.29, 0.717) is 0 Å². The van der Waals surface area contributed by atoms with E-state index in [0.717, 1.165) is 0 Å². The molecule has 0 aromatic heterocycles. The second kappa shape index (κ2) is 3.60. The van der Waals surface area contributed by atoms with Gasteiger partial charge in [-0.25, -0.2) is 0 Å². The maximum absolute atomic E-state index is 9.92. The molecule has 0 fully saturated rings. The molecular formula is C4H9NO3S. The molecular weight excluding hydrogens is 142 g/mol. The van der Waals surface area contributed by atoms with Crippen LogP contribution in [0, 0.1) is 0 Å². The van der Waals surface area contributed by atoms with Gasteiger partial charge in [-0.05, 0) is 6.92 Å². The van der Waals surface area contributed by atoms with Gasteiger partial charge in [0.2, 0.25) is 0 Å². The van der Waals surface area contributed by atoms with Crippen molar-refractivity contribution in [3.8, 4) is 0 Å². The number of nitrogens with one attached hydrogen (secondary N) is 1. The summed E-state index contributed by atoms with van der Waals surface area (Å²) in [5.41, 5.74) is 0. The number of allylic oxidation sites excluding steroid dienone is 1. The SMILES string of the molecule is CC=CCNS(=O)(=O)O. The zero-order valence-corrected chi connectivity index (χ0v) is 5.85. The summed E-state index contributed by atoms with van der Waals surface area (Å²) in [6.07, 6.45) is 3.26. The quantitative estimate of drug-likeness (QED) is 0.439. The topological polar surface area (TPSA) is 66.4 Å². The van der Waals surface area contributed by atoms with Crippen molar-refractivity contribution in [2.75, 3.05) is 6.54 Å². The molecule has 0 bridgehead atoms. The van der Waals surface area contributed by atoms with Crippen LogP contribution in [-0.4, -0.2) is 19.5 Å². The highest BCUT2D eigenvalue weighted by molar-refractivity contribution is 7.83. The van der Waals surface area contributed by atoms with Crippen LogP contribution in [0.3, 0.4) is 0 Å². The Morgan fingerprint density at radius 3 is 2.56 bits per heavy atom. The van der Waals surface area contributed by atoms with Crippen LogP contribution in [-0.2, 0) is 10.3 Å². The lowest BCUT2D eigenvalue weighted by molar-refractivity contribution is 0.471. The van der Waals surface area contributed by atoms with Gasteiger partial charge in [-0.15, -0.1) is 0 Å². The highest BCUT2D eigenvalue weighted by Gasteiger charge is 1.96. The summed E-state index contributed by atoms with van der Waals surface area (Å²) in [6.45, 7) is 1.89. The van der Waals surface area contributed by atoms with Crippen LogP contribution in [0.5, 0.6) is 0 Å². The molecule has 0 radical (unpaired) electrons. The van der Waals surface area contributed by atoms with E-state index in [1.165, 1.54) is 0 Å². The molecule has 54 valence electrons. The van der Waals surface area contributed by atoms with Crippen molar-refractivity contribution in [1.29, 1.82) is 0 Å². The molecule has 5 heteroatoms. The Kier molecular flexibility index (Phi) is 3.44. The Morgan fingerprint density at radius 2 is 2.22 bits per heavy atom. The molecule has 0 aromatic rings. The van der Waals surface area contributed by atoms with E-state index in [9.17, 15) is 8.42 Å². The third-order valence-corrected chi connectivity index (χ3v) is 1.15. The minimum Gasteiger partial charge on any atom is -0.273 e. The molecule has 0 spiro atoms. The maximum Gasteiger partial charge on any atom is 0.333 e. The van der Waals surface area contributed by atoms with E-state index in [2.05, 4.69) is 0 Å². The summed E-state index contributed by atoms with van der Waals surface area (Å²) in [6, 6.07) is 0. The zero-order chi connectivity index (χ0) is 7.33. The molecule has 9 heavy (non-hydrogen) atoms. The lowest BCUT2D eigenvalue weighted by Gasteiger charge is -1.92. The highest BCUT2D eigenvalue weighted by Crippen LogP contribution is 1.72. The summed E-state index contributed by atoms with van der Waals surface area (Å²) in [5, 5.41) is 0. The molecule has 0 unspecified atom stereocenters. The molecule has 0 saturated carbocycles. The van der Waals surface area contributed by atoms with Gasteiger partial charge in [0.25, 0.3) is 0 Å². The third-order valence-electron chi connectivity index (χ3n) is 0.619. The van der Waals surface area contributed by atoms with Crippen LogP contribution >= 0.6 is 0 Å². The fraction of sp³-hybridized carbons (Fsp3) is 0.500. The van der Waals surface area contributed by atoms with Gasteiger partial charge in [0, 0.05) is 6.54 Å². The van der Waals surface area contributed by atoms with Gasteiger partial charge >= 0.3 is 10.3 Å². The van der Waals surface area contributed by atoms with Crippen molar-refractivity contribution in [1.82, 2.24) is 4.72 Å². The molecule has 4 nitrogen and oxygen atoms in total. The largest absolute Gasteiger partial charge is 0.333 e. The van der Waals surface area contributed by atoms with Crippen LogP contribution in [0.2, 0.25) is 0 Å². The molecule has 0 aliphatic rings. The first-order chi connectivity index (χ1) is 4.06. The molecule has 0 amide bonds. The number of rotatable bonds is 3. The maximum atomic E-state index is 9.92. The molecule has 0 aliphatic heterocycles. The molecule has 0 aromatic carbocycles. The fourth-order valence-electron chi connectivity index (χ4n) is 0.271. The van der Waals surface area contributed by atoms with Gasteiger partial charge < -0.3 is 0 Å². The van der Waals surface area contributed by atoms with Gasteiger partial charge in [-0.1, -0.05) is 12.2 Å². The van der Waals surface area contributed by atoms with E-state index in [-0.39, 0.29) is 6.54 Å². The summed E-state index contributed by atoms with van der Waals surface area (Å²) in [7, 11) is -4.00. The summed E-state index contributed by atoms with van der Waals surface area (Å²) in [5.74, 6) is 0. The normalized spacial score (nSPS) is 12.7. The van der Waals surface area contributed by atoms with Crippen LogP contribution in [0.15, 0.2) is 12.2 Å². The Labute approximate surface area is 54.5 Å². The van der Waals surface area contributed by atoms with Crippen LogP contribution in [0.4, 0.5) is 0 Å². The summed E-state index contributed by atoms with van der Waals surface area (Å²) in [4.78, 5) is 0. The van der Waals surface area contributed by atoms with E-state index >= 15 is 0 Å². The van der Waals surface area contributed by atoms with E-state index in [4.69, 9.17) is 4.55 Å².